The standard InChI is InChI=1S/C16H32N2/c1-5-7-8-9-10-11-12-16-17(6-2)13-14-18(16)15(3)4/h13-16H,5-12H2,1-4H3. The summed E-state index contributed by atoms with van der Waals surface area (Å²) in [7, 11) is 0. The Morgan fingerprint density at radius 2 is 1.61 bits per heavy atom. The van der Waals surface area contributed by atoms with Gasteiger partial charge in [0.1, 0.15) is 6.17 Å². The molecule has 1 rings (SSSR count). The fourth-order valence-corrected chi connectivity index (χ4v) is 2.79. The Bertz CT molecular complexity index is 235. The minimum Gasteiger partial charge on any atom is -0.356 e. The first-order chi connectivity index (χ1) is 8.70. The second kappa shape index (κ2) is 8.44. The molecular weight excluding hydrogens is 220 g/mol. The summed E-state index contributed by atoms with van der Waals surface area (Å²) in [5.41, 5.74) is 0. The Morgan fingerprint density at radius 1 is 0.944 bits per heavy atom. The molecule has 0 aromatic carbocycles. The van der Waals surface area contributed by atoms with Gasteiger partial charge < -0.3 is 9.80 Å². The Kier molecular flexibility index (Phi) is 7.22. The second-order valence-electron chi connectivity index (χ2n) is 5.71. The van der Waals surface area contributed by atoms with Crippen LogP contribution < -0.4 is 0 Å². The number of nitrogens with zero attached hydrogens (tertiary/aromatic N) is 2. The number of rotatable bonds is 9. The highest BCUT2D eigenvalue weighted by Gasteiger charge is 2.25. The maximum atomic E-state index is 2.51. The van der Waals surface area contributed by atoms with Gasteiger partial charge in [0.2, 0.25) is 0 Å². The van der Waals surface area contributed by atoms with Crippen molar-refractivity contribution in [2.45, 2.75) is 84.8 Å². The van der Waals surface area contributed by atoms with Gasteiger partial charge in [-0.05, 0) is 33.6 Å². The molecule has 2 nitrogen and oxygen atoms in total. The molecule has 0 fully saturated rings. The molecule has 1 aliphatic heterocycles. The zero-order valence-corrected chi connectivity index (χ0v) is 12.9. The predicted molar refractivity (Wildman–Crippen MR) is 80.3 cm³/mol. The molecule has 0 radical (unpaired) electrons. The lowest BCUT2D eigenvalue weighted by Crippen LogP contribution is -2.41. The lowest BCUT2D eigenvalue weighted by molar-refractivity contribution is 0.119. The van der Waals surface area contributed by atoms with Gasteiger partial charge in [0, 0.05) is 25.0 Å². The van der Waals surface area contributed by atoms with Gasteiger partial charge in [-0.25, -0.2) is 0 Å². The van der Waals surface area contributed by atoms with Crippen LogP contribution in [0.5, 0.6) is 0 Å². The second-order valence-corrected chi connectivity index (χ2v) is 5.71. The topological polar surface area (TPSA) is 6.48 Å². The van der Waals surface area contributed by atoms with Gasteiger partial charge in [-0.1, -0.05) is 39.0 Å². The first-order valence-corrected chi connectivity index (χ1v) is 7.92. The first-order valence-electron chi connectivity index (χ1n) is 7.92. The van der Waals surface area contributed by atoms with E-state index in [1.54, 1.807) is 0 Å². The average Bonchev–Trinajstić information content (AvgIpc) is 2.76. The van der Waals surface area contributed by atoms with E-state index in [1.807, 2.05) is 0 Å². The molecule has 0 saturated heterocycles. The Hall–Kier alpha value is -0.660. The lowest BCUT2D eigenvalue weighted by atomic mass is 10.1. The SMILES string of the molecule is CCCCCCCCC1N(CC)C=CN1C(C)C. The summed E-state index contributed by atoms with van der Waals surface area (Å²) in [5.74, 6) is 0. The normalized spacial score (nSPS) is 19.3. The van der Waals surface area contributed by atoms with Gasteiger partial charge in [-0.15, -0.1) is 0 Å². The summed E-state index contributed by atoms with van der Waals surface area (Å²) in [6.07, 6.45) is 14.8. The predicted octanol–water partition coefficient (Wildman–Crippen LogP) is 4.58. The molecule has 0 spiro atoms. The van der Waals surface area contributed by atoms with Gasteiger partial charge in [0.15, 0.2) is 0 Å². The third kappa shape index (κ3) is 4.55. The van der Waals surface area contributed by atoms with E-state index < -0.39 is 0 Å². The number of hydrogen-bond acceptors (Lipinski definition) is 2. The lowest BCUT2D eigenvalue weighted by Gasteiger charge is -2.34. The maximum absolute atomic E-state index is 2.51. The molecule has 0 aromatic heterocycles. The highest BCUT2D eigenvalue weighted by atomic mass is 15.4. The molecular formula is C16H32N2. The van der Waals surface area contributed by atoms with E-state index in [4.69, 9.17) is 0 Å². The zero-order valence-electron chi connectivity index (χ0n) is 12.9. The molecule has 1 heterocycles. The van der Waals surface area contributed by atoms with E-state index in [2.05, 4.69) is 49.9 Å². The van der Waals surface area contributed by atoms with Crippen LogP contribution in [0.2, 0.25) is 0 Å². The van der Waals surface area contributed by atoms with Crippen LogP contribution in [0.25, 0.3) is 0 Å². The van der Waals surface area contributed by atoms with Crippen molar-refractivity contribution in [2.24, 2.45) is 0 Å². The van der Waals surface area contributed by atoms with Crippen LogP contribution in [0.3, 0.4) is 0 Å². The van der Waals surface area contributed by atoms with Crippen LogP contribution in [-0.4, -0.2) is 28.6 Å². The van der Waals surface area contributed by atoms with Gasteiger partial charge >= 0.3 is 0 Å². The molecule has 106 valence electrons. The van der Waals surface area contributed by atoms with Crippen LogP contribution in [-0.2, 0) is 0 Å². The van der Waals surface area contributed by atoms with Crippen molar-refractivity contribution in [2.75, 3.05) is 6.54 Å². The minimum absolute atomic E-state index is 0.612. The summed E-state index contributed by atoms with van der Waals surface area (Å²) in [4.78, 5) is 4.99. The number of hydrogen-bond donors (Lipinski definition) is 0. The molecule has 1 atom stereocenters. The molecule has 0 saturated carbocycles. The van der Waals surface area contributed by atoms with Crippen molar-refractivity contribution in [1.82, 2.24) is 9.80 Å². The summed E-state index contributed by atoms with van der Waals surface area (Å²) in [6.45, 7) is 10.2. The monoisotopic (exact) mass is 252 g/mol. The molecule has 0 amide bonds. The van der Waals surface area contributed by atoms with Gasteiger partial charge in [0.25, 0.3) is 0 Å². The van der Waals surface area contributed by atoms with E-state index in [-0.39, 0.29) is 0 Å². The van der Waals surface area contributed by atoms with Crippen LogP contribution in [0, 0.1) is 0 Å². The average molecular weight is 252 g/mol. The van der Waals surface area contributed by atoms with Crippen LogP contribution in [0.4, 0.5) is 0 Å². The summed E-state index contributed by atoms with van der Waals surface area (Å²) in [5, 5.41) is 0. The third-order valence-corrected chi connectivity index (χ3v) is 3.93. The van der Waals surface area contributed by atoms with Crippen LogP contribution >= 0.6 is 0 Å². The fraction of sp³-hybridized carbons (Fsp3) is 0.875. The molecule has 2 heteroatoms. The minimum atomic E-state index is 0.612. The largest absolute Gasteiger partial charge is 0.356 e. The van der Waals surface area contributed by atoms with Gasteiger partial charge in [0.05, 0.1) is 0 Å². The van der Waals surface area contributed by atoms with Gasteiger partial charge in [-0.3, -0.25) is 0 Å². The van der Waals surface area contributed by atoms with Crippen molar-refractivity contribution >= 4 is 0 Å². The van der Waals surface area contributed by atoms with Crippen molar-refractivity contribution < 1.29 is 0 Å². The summed E-state index contributed by atoms with van der Waals surface area (Å²) >= 11 is 0. The Morgan fingerprint density at radius 3 is 2.22 bits per heavy atom. The van der Waals surface area contributed by atoms with E-state index in [0.717, 1.165) is 6.54 Å². The van der Waals surface area contributed by atoms with E-state index in [9.17, 15) is 0 Å². The third-order valence-electron chi connectivity index (χ3n) is 3.93. The maximum Gasteiger partial charge on any atom is 0.101 e. The molecule has 0 bridgehead atoms. The fourth-order valence-electron chi connectivity index (χ4n) is 2.79. The first kappa shape index (κ1) is 15.4. The van der Waals surface area contributed by atoms with E-state index in [0.29, 0.717) is 12.2 Å². The van der Waals surface area contributed by atoms with Crippen molar-refractivity contribution in [3.8, 4) is 0 Å². The molecule has 0 aromatic rings. The zero-order chi connectivity index (χ0) is 13.4. The van der Waals surface area contributed by atoms with Crippen molar-refractivity contribution in [1.29, 1.82) is 0 Å². The quantitative estimate of drug-likeness (QED) is 0.554. The summed E-state index contributed by atoms with van der Waals surface area (Å²) in [6, 6.07) is 0.614. The Balaban J connectivity index is 2.25. The smallest absolute Gasteiger partial charge is 0.101 e. The van der Waals surface area contributed by atoms with Crippen LogP contribution in [0.1, 0.15) is 72.6 Å². The van der Waals surface area contributed by atoms with E-state index >= 15 is 0 Å². The van der Waals surface area contributed by atoms with E-state index in [1.165, 1.54) is 44.9 Å². The van der Waals surface area contributed by atoms with Crippen LogP contribution in [0.15, 0.2) is 12.4 Å². The van der Waals surface area contributed by atoms with Crippen molar-refractivity contribution in [3.63, 3.8) is 0 Å². The molecule has 1 aliphatic rings. The van der Waals surface area contributed by atoms with Crippen molar-refractivity contribution in [3.05, 3.63) is 12.4 Å². The highest BCUT2D eigenvalue weighted by Crippen LogP contribution is 2.23. The molecule has 1 unspecified atom stereocenters. The highest BCUT2D eigenvalue weighted by molar-refractivity contribution is 4.97. The van der Waals surface area contributed by atoms with Gasteiger partial charge in [-0.2, -0.15) is 0 Å². The molecule has 0 N–H and O–H groups in total. The molecule has 18 heavy (non-hydrogen) atoms. The Labute approximate surface area is 114 Å². The summed E-state index contributed by atoms with van der Waals surface area (Å²) < 4.78 is 0. The molecule has 0 aliphatic carbocycles. The number of unbranched alkanes of at least 4 members (excludes halogenated alkanes) is 5.